The molecule has 1 N–H and O–H groups in total. The summed E-state index contributed by atoms with van der Waals surface area (Å²) in [5, 5.41) is 9.37. The van der Waals surface area contributed by atoms with Gasteiger partial charge in [0.25, 0.3) is 0 Å². The van der Waals surface area contributed by atoms with Crippen molar-refractivity contribution in [1.29, 1.82) is 0 Å². The summed E-state index contributed by atoms with van der Waals surface area (Å²) in [6.45, 7) is 0.337. The molecule has 2 aromatic rings. The molecule has 0 saturated carbocycles. The van der Waals surface area contributed by atoms with Crippen molar-refractivity contribution < 1.29 is 19.3 Å². The highest BCUT2D eigenvalue weighted by atomic mass is 16.5. The van der Waals surface area contributed by atoms with Crippen LogP contribution < -0.4 is 14.2 Å². The molecule has 2 aromatic carbocycles. The first-order valence-corrected chi connectivity index (χ1v) is 5.85. The van der Waals surface area contributed by atoms with E-state index in [1.54, 1.807) is 38.5 Å². The van der Waals surface area contributed by atoms with Crippen LogP contribution in [-0.4, -0.2) is 19.3 Å². The van der Waals surface area contributed by atoms with Crippen LogP contribution in [0.5, 0.6) is 23.0 Å². The molecule has 4 nitrogen and oxygen atoms in total. The van der Waals surface area contributed by atoms with Gasteiger partial charge in [0.2, 0.25) is 0 Å². The van der Waals surface area contributed by atoms with E-state index in [1.165, 1.54) is 0 Å². The van der Waals surface area contributed by atoms with Crippen molar-refractivity contribution in [2.45, 2.75) is 6.61 Å². The van der Waals surface area contributed by atoms with Crippen LogP contribution in [0.25, 0.3) is 0 Å². The second-order valence-corrected chi connectivity index (χ2v) is 3.96. The van der Waals surface area contributed by atoms with Crippen molar-refractivity contribution in [1.82, 2.24) is 0 Å². The minimum Gasteiger partial charge on any atom is -0.508 e. The quantitative estimate of drug-likeness (QED) is 0.897. The Hall–Kier alpha value is -2.36. The van der Waals surface area contributed by atoms with Gasteiger partial charge in [0.05, 0.1) is 14.2 Å². The van der Waals surface area contributed by atoms with Crippen LogP contribution in [0.15, 0.2) is 42.5 Å². The van der Waals surface area contributed by atoms with Crippen LogP contribution in [0.2, 0.25) is 0 Å². The first-order chi connectivity index (χ1) is 9.22. The maximum absolute atomic E-state index is 9.37. The van der Waals surface area contributed by atoms with Crippen LogP contribution in [0.3, 0.4) is 0 Å². The van der Waals surface area contributed by atoms with Crippen molar-refractivity contribution in [2.75, 3.05) is 14.2 Å². The zero-order valence-electron chi connectivity index (χ0n) is 10.9. The van der Waals surface area contributed by atoms with Crippen LogP contribution in [0.4, 0.5) is 0 Å². The van der Waals surface area contributed by atoms with Crippen molar-refractivity contribution >= 4 is 0 Å². The van der Waals surface area contributed by atoms with E-state index < -0.39 is 0 Å². The summed E-state index contributed by atoms with van der Waals surface area (Å²) in [5.41, 5.74) is 0.880. The number of ether oxygens (including phenoxy) is 3. The molecule has 0 amide bonds. The SMILES string of the molecule is COc1ccc(OC)c(COc2cccc(O)c2)c1. The van der Waals surface area contributed by atoms with E-state index in [0.29, 0.717) is 12.4 Å². The van der Waals surface area contributed by atoms with Gasteiger partial charge in [-0.05, 0) is 30.3 Å². The van der Waals surface area contributed by atoms with Crippen LogP contribution in [0, 0.1) is 0 Å². The fraction of sp³-hybridized carbons (Fsp3) is 0.200. The summed E-state index contributed by atoms with van der Waals surface area (Å²) >= 11 is 0. The summed E-state index contributed by atoms with van der Waals surface area (Å²) in [6, 6.07) is 12.2. The topological polar surface area (TPSA) is 47.9 Å². The van der Waals surface area contributed by atoms with Gasteiger partial charge in [0.1, 0.15) is 29.6 Å². The van der Waals surface area contributed by atoms with E-state index in [0.717, 1.165) is 17.1 Å². The average Bonchev–Trinajstić information content (AvgIpc) is 2.45. The third-order valence-electron chi connectivity index (χ3n) is 2.70. The molecule has 2 rings (SSSR count). The molecule has 0 atom stereocenters. The van der Waals surface area contributed by atoms with Crippen LogP contribution >= 0.6 is 0 Å². The van der Waals surface area contributed by atoms with Gasteiger partial charge in [-0.1, -0.05) is 6.07 Å². The van der Waals surface area contributed by atoms with E-state index in [2.05, 4.69) is 0 Å². The van der Waals surface area contributed by atoms with Gasteiger partial charge in [-0.3, -0.25) is 0 Å². The number of phenolic OH excluding ortho intramolecular Hbond substituents is 1. The number of methoxy groups -OCH3 is 2. The maximum Gasteiger partial charge on any atom is 0.125 e. The van der Waals surface area contributed by atoms with E-state index in [9.17, 15) is 5.11 Å². The predicted octanol–water partition coefficient (Wildman–Crippen LogP) is 2.99. The number of benzene rings is 2. The second-order valence-electron chi connectivity index (χ2n) is 3.96. The van der Waals surface area contributed by atoms with Crippen molar-refractivity contribution in [2.24, 2.45) is 0 Å². The lowest BCUT2D eigenvalue weighted by atomic mass is 10.2. The summed E-state index contributed by atoms with van der Waals surface area (Å²) < 4.78 is 16.1. The molecule has 4 heteroatoms. The third kappa shape index (κ3) is 3.31. The molecule has 19 heavy (non-hydrogen) atoms. The van der Waals surface area contributed by atoms with Crippen LogP contribution in [-0.2, 0) is 6.61 Å². The molecule has 0 aliphatic carbocycles. The molecule has 100 valence electrons. The molecular formula is C15H16O4. The highest BCUT2D eigenvalue weighted by molar-refractivity contribution is 5.40. The van der Waals surface area contributed by atoms with Crippen molar-refractivity contribution in [3.63, 3.8) is 0 Å². The number of hydrogen-bond donors (Lipinski definition) is 1. The normalized spacial score (nSPS) is 10.0. The van der Waals surface area contributed by atoms with Gasteiger partial charge in [0.15, 0.2) is 0 Å². The van der Waals surface area contributed by atoms with E-state index in [4.69, 9.17) is 14.2 Å². The van der Waals surface area contributed by atoms with Gasteiger partial charge < -0.3 is 19.3 Å². The zero-order valence-corrected chi connectivity index (χ0v) is 10.9. The third-order valence-corrected chi connectivity index (χ3v) is 2.70. The first-order valence-electron chi connectivity index (χ1n) is 5.85. The highest BCUT2D eigenvalue weighted by Crippen LogP contribution is 2.26. The lowest BCUT2D eigenvalue weighted by Crippen LogP contribution is -1.99. The van der Waals surface area contributed by atoms with Gasteiger partial charge >= 0.3 is 0 Å². The Kier molecular flexibility index (Phi) is 4.13. The van der Waals surface area contributed by atoms with Gasteiger partial charge in [-0.2, -0.15) is 0 Å². The van der Waals surface area contributed by atoms with Gasteiger partial charge in [-0.15, -0.1) is 0 Å². The van der Waals surface area contributed by atoms with Crippen molar-refractivity contribution in [3.8, 4) is 23.0 Å². The number of hydrogen-bond acceptors (Lipinski definition) is 4. The molecule has 0 fully saturated rings. The van der Waals surface area contributed by atoms with E-state index in [-0.39, 0.29) is 5.75 Å². The van der Waals surface area contributed by atoms with Crippen LogP contribution in [0.1, 0.15) is 5.56 Å². The summed E-state index contributed by atoms with van der Waals surface area (Å²) in [6.07, 6.45) is 0. The Morgan fingerprint density at radius 1 is 0.947 bits per heavy atom. The molecule has 0 unspecified atom stereocenters. The molecule has 0 saturated heterocycles. The maximum atomic E-state index is 9.37. The summed E-state index contributed by atoms with van der Waals surface area (Å²) in [7, 11) is 3.22. The zero-order chi connectivity index (χ0) is 13.7. The molecule has 0 aliphatic heterocycles. The minimum absolute atomic E-state index is 0.176. The summed E-state index contributed by atoms with van der Waals surface area (Å²) in [4.78, 5) is 0. The van der Waals surface area contributed by atoms with Crippen molar-refractivity contribution in [3.05, 3.63) is 48.0 Å². The van der Waals surface area contributed by atoms with E-state index in [1.807, 2.05) is 18.2 Å². The fourth-order valence-electron chi connectivity index (χ4n) is 1.73. The largest absolute Gasteiger partial charge is 0.508 e. The lowest BCUT2D eigenvalue weighted by molar-refractivity contribution is 0.294. The van der Waals surface area contributed by atoms with E-state index >= 15 is 0 Å². The first kappa shape index (κ1) is 13.1. The number of rotatable bonds is 5. The second kappa shape index (κ2) is 6.00. The Balaban J connectivity index is 2.14. The standard InChI is InChI=1S/C15H16O4/c1-17-13-6-7-15(18-2)11(8-13)10-19-14-5-3-4-12(16)9-14/h3-9,16H,10H2,1-2H3. The molecule has 0 aliphatic rings. The Bertz CT molecular complexity index is 552. The number of aromatic hydroxyl groups is 1. The summed E-state index contributed by atoms with van der Waals surface area (Å²) in [5.74, 6) is 2.26. The highest BCUT2D eigenvalue weighted by Gasteiger charge is 2.06. The molecule has 0 spiro atoms. The Labute approximate surface area is 112 Å². The fourth-order valence-corrected chi connectivity index (χ4v) is 1.73. The smallest absolute Gasteiger partial charge is 0.125 e. The molecule has 0 heterocycles. The molecule has 0 radical (unpaired) electrons. The Morgan fingerprint density at radius 2 is 1.79 bits per heavy atom. The lowest BCUT2D eigenvalue weighted by Gasteiger charge is -2.11. The molecule has 0 aromatic heterocycles. The van der Waals surface area contributed by atoms with Gasteiger partial charge in [-0.25, -0.2) is 0 Å². The molecule has 0 bridgehead atoms. The minimum atomic E-state index is 0.176. The Morgan fingerprint density at radius 3 is 2.47 bits per heavy atom. The number of phenols is 1. The average molecular weight is 260 g/mol. The monoisotopic (exact) mass is 260 g/mol. The van der Waals surface area contributed by atoms with Gasteiger partial charge in [0, 0.05) is 11.6 Å². The molecular weight excluding hydrogens is 244 g/mol. The predicted molar refractivity (Wildman–Crippen MR) is 72.0 cm³/mol.